The first kappa shape index (κ1) is 24.9. The van der Waals surface area contributed by atoms with Gasteiger partial charge in [0.1, 0.15) is 23.1 Å². The highest BCUT2D eigenvalue weighted by Crippen LogP contribution is 2.34. The van der Waals surface area contributed by atoms with Crippen LogP contribution in [0.25, 0.3) is 11.1 Å². The summed E-state index contributed by atoms with van der Waals surface area (Å²) in [6, 6.07) is 13.0. The zero-order chi connectivity index (χ0) is 23.8. The lowest BCUT2D eigenvalue weighted by Crippen LogP contribution is -2.00. The van der Waals surface area contributed by atoms with E-state index < -0.39 is 17.8 Å². The number of rotatable bonds is 4. The van der Waals surface area contributed by atoms with Gasteiger partial charge in [0.25, 0.3) is 0 Å². The summed E-state index contributed by atoms with van der Waals surface area (Å²) in [5.41, 5.74) is 1.01. The fourth-order valence-corrected chi connectivity index (χ4v) is 2.93. The van der Waals surface area contributed by atoms with Crippen molar-refractivity contribution in [2.75, 3.05) is 21.3 Å². The zero-order valence-corrected chi connectivity index (χ0v) is 19.5. The number of benzene rings is 3. The first-order chi connectivity index (χ1) is 15.2. The van der Waals surface area contributed by atoms with E-state index >= 15 is 0 Å². The third kappa shape index (κ3) is 6.10. The quantitative estimate of drug-likeness (QED) is 0.354. The topological polar surface area (TPSA) is 102 Å². The second-order valence-electron chi connectivity index (χ2n) is 6.23. The van der Waals surface area contributed by atoms with Crippen LogP contribution in [0.3, 0.4) is 0 Å². The van der Waals surface area contributed by atoms with Crippen LogP contribution < -0.4 is 4.74 Å². The van der Waals surface area contributed by atoms with Gasteiger partial charge in [0.05, 0.1) is 36.0 Å². The second kappa shape index (κ2) is 11.3. The van der Waals surface area contributed by atoms with Gasteiger partial charge in [-0.15, -0.1) is 0 Å². The van der Waals surface area contributed by atoms with Crippen LogP contribution in [0.2, 0.25) is 0 Å². The number of hydrogen-bond donors (Lipinski definition) is 2. The molecule has 3 aromatic carbocycles. The van der Waals surface area contributed by atoms with E-state index in [1.54, 1.807) is 12.1 Å². The summed E-state index contributed by atoms with van der Waals surface area (Å²) in [5.74, 6) is -1.15. The monoisotopic (exact) mass is 554 g/mol. The zero-order valence-electron chi connectivity index (χ0n) is 17.4. The number of aromatic hydroxyl groups is 2. The Bertz CT molecular complexity index is 1130. The highest BCUT2D eigenvalue weighted by Gasteiger charge is 2.14. The van der Waals surface area contributed by atoms with E-state index in [1.165, 1.54) is 63.8 Å². The third-order valence-electron chi connectivity index (χ3n) is 4.25. The summed E-state index contributed by atoms with van der Waals surface area (Å²) in [6.45, 7) is 0. The fraction of sp³-hybridized carbons (Fsp3) is 0.130. The lowest BCUT2D eigenvalue weighted by atomic mass is 10.0. The largest absolute Gasteiger partial charge is 0.507 e. The molecule has 2 N–H and O–H groups in total. The van der Waals surface area contributed by atoms with Crippen LogP contribution in [0.4, 0.5) is 4.39 Å². The van der Waals surface area contributed by atoms with E-state index in [0.717, 1.165) is 0 Å². The van der Waals surface area contributed by atoms with Crippen molar-refractivity contribution < 1.29 is 38.4 Å². The molecule has 0 amide bonds. The smallest absolute Gasteiger partial charge is 0.337 e. The number of hydrogen-bond acceptors (Lipinski definition) is 7. The average Bonchev–Trinajstić information content (AvgIpc) is 2.80. The number of ether oxygens (including phenoxy) is 3. The van der Waals surface area contributed by atoms with E-state index in [0.29, 0.717) is 14.9 Å². The highest BCUT2D eigenvalue weighted by molar-refractivity contribution is 14.1. The first-order valence-electron chi connectivity index (χ1n) is 9.03. The Morgan fingerprint density at radius 2 is 1.34 bits per heavy atom. The van der Waals surface area contributed by atoms with E-state index in [1.807, 2.05) is 22.6 Å². The molecule has 168 valence electrons. The van der Waals surface area contributed by atoms with Gasteiger partial charge >= 0.3 is 11.9 Å². The molecule has 0 saturated heterocycles. The Morgan fingerprint density at radius 3 is 1.84 bits per heavy atom. The summed E-state index contributed by atoms with van der Waals surface area (Å²) in [5, 5.41) is 19.2. The summed E-state index contributed by atoms with van der Waals surface area (Å²) < 4.78 is 28.6. The van der Waals surface area contributed by atoms with Gasteiger partial charge < -0.3 is 24.4 Å². The highest BCUT2D eigenvalue weighted by atomic mass is 127. The van der Waals surface area contributed by atoms with Gasteiger partial charge in [-0.3, -0.25) is 0 Å². The van der Waals surface area contributed by atoms with Crippen molar-refractivity contribution in [2.24, 2.45) is 0 Å². The molecule has 0 spiro atoms. The van der Waals surface area contributed by atoms with Crippen molar-refractivity contribution in [2.45, 2.75) is 0 Å². The predicted molar refractivity (Wildman–Crippen MR) is 124 cm³/mol. The Kier molecular flexibility index (Phi) is 8.82. The molecule has 0 aromatic heterocycles. The standard InChI is InChI=1S/C15H13FO4.C8H7IO3/c1-19-10-4-6-13(16)12(8-10)11-5-3-9(7-14(11)17)15(18)20-2;1-12-8(11)5-2-3-6(9)7(10)4-5/h3-8,17H,1-2H3;2-4,10H,1H3. The van der Waals surface area contributed by atoms with Crippen LogP contribution in [-0.4, -0.2) is 43.5 Å². The number of carbonyl (C=O) groups excluding carboxylic acids is 2. The lowest BCUT2D eigenvalue weighted by molar-refractivity contribution is 0.0591. The molecule has 0 aliphatic heterocycles. The molecule has 0 bridgehead atoms. The Hall–Kier alpha value is -3.34. The lowest BCUT2D eigenvalue weighted by Gasteiger charge is -2.09. The maximum absolute atomic E-state index is 13.8. The number of phenols is 2. The summed E-state index contributed by atoms with van der Waals surface area (Å²) in [7, 11) is 4.02. The van der Waals surface area contributed by atoms with Gasteiger partial charge in [0.15, 0.2) is 0 Å². The molecule has 9 heteroatoms. The molecular weight excluding hydrogens is 534 g/mol. The molecule has 0 radical (unpaired) electrons. The maximum Gasteiger partial charge on any atom is 0.337 e. The molecule has 0 saturated carbocycles. The van der Waals surface area contributed by atoms with E-state index in [4.69, 9.17) is 4.74 Å². The minimum absolute atomic E-state index is 0.0958. The fourth-order valence-electron chi connectivity index (χ4n) is 2.60. The molecule has 0 heterocycles. The van der Waals surface area contributed by atoms with Gasteiger partial charge in [-0.1, -0.05) is 0 Å². The number of methoxy groups -OCH3 is 3. The molecule has 0 aliphatic carbocycles. The minimum Gasteiger partial charge on any atom is -0.507 e. The molecular formula is C23H20FIO7. The van der Waals surface area contributed by atoms with Crippen molar-refractivity contribution in [1.82, 2.24) is 0 Å². The number of phenolic OH excluding ortho intramolecular Hbond substituents is 2. The van der Waals surface area contributed by atoms with E-state index in [9.17, 15) is 24.2 Å². The van der Waals surface area contributed by atoms with Crippen molar-refractivity contribution >= 4 is 34.5 Å². The molecule has 0 atom stereocenters. The third-order valence-corrected chi connectivity index (χ3v) is 5.16. The normalized spacial score (nSPS) is 9.91. The average molecular weight is 554 g/mol. The van der Waals surface area contributed by atoms with Crippen LogP contribution in [0.5, 0.6) is 17.2 Å². The molecule has 7 nitrogen and oxygen atoms in total. The van der Waals surface area contributed by atoms with Gasteiger partial charge in [-0.2, -0.15) is 0 Å². The summed E-state index contributed by atoms with van der Waals surface area (Å²) >= 11 is 1.97. The number of halogens is 2. The molecule has 0 fully saturated rings. The number of esters is 2. The Morgan fingerprint density at radius 1 is 0.781 bits per heavy atom. The second-order valence-corrected chi connectivity index (χ2v) is 7.39. The van der Waals surface area contributed by atoms with Crippen molar-refractivity contribution in [3.63, 3.8) is 0 Å². The van der Waals surface area contributed by atoms with Crippen molar-refractivity contribution in [3.8, 4) is 28.4 Å². The van der Waals surface area contributed by atoms with Crippen LogP contribution >= 0.6 is 22.6 Å². The van der Waals surface area contributed by atoms with E-state index in [2.05, 4.69) is 9.47 Å². The van der Waals surface area contributed by atoms with Gasteiger partial charge in [0, 0.05) is 11.1 Å². The van der Waals surface area contributed by atoms with Gasteiger partial charge in [-0.05, 0) is 77.2 Å². The SMILES string of the molecule is COC(=O)c1ccc(-c2cc(OC)ccc2F)c(O)c1.COC(=O)c1ccc(I)c(O)c1. The van der Waals surface area contributed by atoms with Crippen LogP contribution in [0.15, 0.2) is 54.6 Å². The number of carbonyl (C=O) groups is 2. The molecule has 0 aliphatic rings. The molecule has 3 rings (SSSR count). The van der Waals surface area contributed by atoms with Gasteiger partial charge in [-0.25, -0.2) is 14.0 Å². The molecule has 32 heavy (non-hydrogen) atoms. The molecule has 3 aromatic rings. The summed E-state index contributed by atoms with van der Waals surface area (Å²) in [6.07, 6.45) is 0. The van der Waals surface area contributed by atoms with Crippen LogP contribution in [0.1, 0.15) is 20.7 Å². The maximum atomic E-state index is 13.8. The first-order valence-corrected chi connectivity index (χ1v) is 10.1. The minimum atomic E-state index is -0.571. The van der Waals surface area contributed by atoms with Gasteiger partial charge in [0.2, 0.25) is 0 Å². The Balaban J connectivity index is 0.000000258. The van der Waals surface area contributed by atoms with Crippen molar-refractivity contribution in [3.05, 3.63) is 75.1 Å². The molecule has 0 unspecified atom stereocenters. The Labute approximate surface area is 197 Å². The van der Waals surface area contributed by atoms with Crippen molar-refractivity contribution in [1.29, 1.82) is 0 Å². The van der Waals surface area contributed by atoms with E-state index in [-0.39, 0.29) is 28.2 Å². The van der Waals surface area contributed by atoms with Crippen LogP contribution in [-0.2, 0) is 9.47 Å². The summed E-state index contributed by atoms with van der Waals surface area (Å²) in [4.78, 5) is 22.3. The van der Waals surface area contributed by atoms with Crippen LogP contribution in [0, 0.1) is 9.39 Å². The predicted octanol–water partition coefficient (Wildman–Crippen LogP) is 4.78.